The highest BCUT2D eigenvalue weighted by atomic mass is 79.9. The number of nitrogens with zero attached hydrogens (tertiary/aromatic N) is 5. The number of aromatic hydroxyl groups is 1. The van der Waals surface area contributed by atoms with Gasteiger partial charge in [-0.1, -0.05) is 33.6 Å². The molecule has 0 unspecified atom stereocenters. The Balaban J connectivity index is 1.60. The van der Waals surface area contributed by atoms with Crippen molar-refractivity contribution in [3.8, 4) is 5.75 Å². The molecule has 12 heteroatoms. The fourth-order valence-corrected chi connectivity index (χ4v) is 4.36. The molecule has 4 rings (SSSR count). The Morgan fingerprint density at radius 3 is 2.66 bits per heavy atom. The second kappa shape index (κ2) is 10.4. The molecule has 0 aliphatic carbocycles. The van der Waals surface area contributed by atoms with Gasteiger partial charge in [0.05, 0.1) is 23.9 Å². The topological polar surface area (TPSA) is 108 Å². The van der Waals surface area contributed by atoms with E-state index in [-0.39, 0.29) is 11.7 Å². The number of halogens is 3. The molecule has 1 aliphatic heterocycles. The Hall–Kier alpha value is -2.47. The second-order valence-corrected chi connectivity index (χ2v) is 8.92. The molecule has 32 heavy (non-hydrogen) atoms. The van der Waals surface area contributed by atoms with Crippen LogP contribution in [0.2, 0.25) is 5.02 Å². The van der Waals surface area contributed by atoms with Crippen LogP contribution in [0.1, 0.15) is 5.56 Å². The minimum Gasteiger partial charge on any atom is -0.506 e. The second-order valence-electron chi connectivity index (χ2n) is 6.71. The summed E-state index contributed by atoms with van der Waals surface area (Å²) < 4.78 is 6.77. The number of morpholine rings is 1. The number of rotatable bonds is 6. The van der Waals surface area contributed by atoms with Gasteiger partial charge < -0.3 is 20.1 Å². The van der Waals surface area contributed by atoms with Crippen LogP contribution in [-0.4, -0.2) is 52.6 Å². The zero-order valence-electron chi connectivity index (χ0n) is 16.6. The summed E-state index contributed by atoms with van der Waals surface area (Å²) in [4.78, 5) is 15.4. The number of hydrazone groups is 1. The fourth-order valence-electron chi connectivity index (χ4n) is 2.91. The molecule has 2 aromatic carbocycles. The van der Waals surface area contributed by atoms with Crippen molar-refractivity contribution in [2.75, 3.05) is 41.9 Å². The first-order valence-electron chi connectivity index (χ1n) is 9.56. The van der Waals surface area contributed by atoms with Crippen LogP contribution in [0.15, 0.2) is 50.4 Å². The average Bonchev–Trinajstić information content (AvgIpc) is 2.77. The summed E-state index contributed by atoms with van der Waals surface area (Å²) in [5, 5.41) is 18.1. The predicted molar refractivity (Wildman–Crippen MR) is 132 cm³/mol. The quantitative estimate of drug-likeness (QED) is 0.281. The minimum atomic E-state index is 0.0757. The van der Waals surface area contributed by atoms with Gasteiger partial charge in [-0.15, -0.1) is 0 Å². The first-order valence-corrected chi connectivity index (χ1v) is 11.5. The van der Waals surface area contributed by atoms with Crippen molar-refractivity contribution in [1.29, 1.82) is 0 Å². The number of anilines is 4. The largest absolute Gasteiger partial charge is 0.506 e. The highest BCUT2D eigenvalue weighted by molar-refractivity contribution is 9.11. The van der Waals surface area contributed by atoms with Gasteiger partial charge in [0.1, 0.15) is 5.75 Å². The SMILES string of the molecule is Oc1c(Br)cc(Br)cc1C=NNc1nc(Nc2cccc(Cl)c2)nc(N2CCOCC2)n1. The van der Waals surface area contributed by atoms with E-state index in [1.165, 1.54) is 6.21 Å². The molecule has 0 radical (unpaired) electrons. The lowest BCUT2D eigenvalue weighted by atomic mass is 10.2. The van der Waals surface area contributed by atoms with E-state index in [1.807, 2.05) is 17.0 Å². The zero-order valence-corrected chi connectivity index (χ0v) is 20.5. The Morgan fingerprint density at radius 2 is 1.88 bits per heavy atom. The van der Waals surface area contributed by atoms with Gasteiger partial charge in [-0.3, -0.25) is 0 Å². The third-order valence-electron chi connectivity index (χ3n) is 4.42. The van der Waals surface area contributed by atoms with Gasteiger partial charge in [-0.05, 0) is 46.3 Å². The molecule has 3 N–H and O–H groups in total. The average molecular weight is 584 g/mol. The molecule has 2 heterocycles. The maximum atomic E-state index is 10.2. The van der Waals surface area contributed by atoms with Crippen molar-refractivity contribution in [3.05, 3.63) is 55.9 Å². The van der Waals surface area contributed by atoms with E-state index < -0.39 is 0 Å². The van der Waals surface area contributed by atoms with Crippen molar-refractivity contribution in [3.63, 3.8) is 0 Å². The van der Waals surface area contributed by atoms with Gasteiger partial charge in [0.2, 0.25) is 17.8 Å². The van der Waals surface area contributed by atoms with Gasteiger partial charge in [0.25, 0.3) is 0 Å². The number of benzene rings is 2. The van der Waals surface area contributed by atoms with Crippen LogP contribution in [-0.2, 0) is 4.74 Å². The first kappa shape index (κ1) is 22.7. The zero-order chi connectivity index (χ0) is 22.5. The molecule has 1 saturated heterocycles. The van der Waals surface area contributed by atoms with Gasteiger partial charge in [0, 0.05) is 33.8 Å². The Kier molecular flexibility index (Phi) is 7.40. The number of aromatic nitrogens is 3. The van der Waals surface area contributed by atoms with Crippen molar-refractivity contribution in [2.24, 2.45) is 5.10 Å². The number of hydrogen-bond donors (Lipinski definition) is 3. The third-order valence-corrected chi connectivity index (χ3v) is 5.72. The van der Waals surface area contributed by atoms with E-state index in [0.717, 1.165) is 10.2 Å². The number of hydrogen-bond acceptors (Lipinski definition) is 9. The van der Waals surface area contributed by atoms with Crippen LogP contribution in [0.3, 0.4) is 0 Å². The number of phenolic OH excluding ortho intramolecular Hbond substituents is 1. The summed E-state index contributed by atoms with van der Waals surface area (Å²) >= 11 is 12.8. The maximum Gasteiger partial charge on any atom is 0.250 e. The van der Waals surface area contributed by atoms with Crippen LogP contribution < -0.4 is 15.6 Å². The molecule has 0 saturated carbocycles. The molecular weight excluding hydrogens is 566 g/mol. The minimum absolute atomic E-state index is 0.0757. The van der Waals surface area contributed by atoms with E-state index in [4.69, 9.17) is 16.3 Å². The van der Waals surface area contributed by atoms with Crippen LogP contribution in [0.5, 0.6) is 5.75 Å². The summed E-state index contributed by atoms with van der Waals surface area (Å²) in [6, 6.07) is 10.7. The van der Waals surface area contributed by atoms with Crippen molar-refractivity contribution in [1.82, 2.24) is 15.0 Å². The lowest BCUT2D eigenvalue weighted by Gasteiger charge is -2.27. The smallest absolute Gasteiger partial charge is 0.250 e. The van der Waals surface area contributed by atoms with Gasteiger partial charge in [0.15, 0.2) is 0 Å². The molecule has 0 spiro atoms. The Morgan fingerprint density at radius 1 is 1.09 bits per heavy atom. The van der Waals surface area contributed by atoms with Crippen molar-refractivity contribution >= 4 is 73.2 Å². The van der Waals surface area contributed by atoms with Gasteiger partial charge in [-0.25, -0.2) is 5.43 Å². The molecule has 3 aromatic rings. The van der Waals surface area contributed by atoms with Crippen LogP contribution in [0.4, 0.5) is 23.5 Å². The van der Waals surface area contributed by atoms with Crippen LogP contribution in [0, 0.1) is 0 Å². The lowest BCUT2D eigenvalue weighted by molar-refractivity contribution is 0.122. The number of phenols is 1. The molecule has 0 amide bonds. The van der Waals surface area contributed by atoms with E-state index in [2.05, 4.69) is 62.7 Å². The highest BCUT2D eigenvalue weighted by Gasteiger charge is 2.17. The molecule has 1 aromatic heterocycles. The van der Waals surface area contributed by atoms with Gasteiger partial charge in [-0.2, -0.15) is 20.1 Å². The van der Waals surface area contributed by atoms with E-state index >= 15 is 0 Å². The third kappa shape index (κ3) is 5.85. The Bertz CT molecular complexity index is 1140. The first-order chi connectivity index (χ1) is 15.5. The molecule has 9 nitrogen and oxygen atoms in total. The fraction of sp³-hybridized carbons (Fsp3) is 0.200. The molecule has 1 aliphatic rings. The van der Waals surface area contributed by atoms with Crippen LogP contribution >= 0.6 is 43.5 Å². The van der Waals surface area contributed by atoms with Crippen LogP contribution in [0.25, 0.3) is 0 Å². The highest BCUT2D eigenvalue weighted by Crippen LogP contribution is 2.30. The lowest BCUT2D eigenvalue weighted by Crippen LogP contribution is -2.37. The summed E-state index contributed by atoms with van der Waals surface area (Å²) in [5.41, 5.74) is 4.08. The predicted octanol–water partition coefficient (Wildman–Crippen LogP) is 4.78. The summed E-state index contributed by atoms with van der Waals surface area (Å²) in [6.45, 7) is 2.54. The van der Waals surface area contributed by atoms with Crippen molar-refractivity contribution in [2.45, 2.75) is 0 Å². The van der Waals surface area contributed by atoms with E-state index in [9.17, 15) is 5.11 Å². The van der Waals surface area contributed by atoms with E-state index in [0.29, 0.717) is 53.3 Å². The maximum absolute atomic E-state index is 10.2. The molecule has 0 atom stereocenters. The van der Waals surface area contributed by atoms with E-state index in [1.54, 1.807) is 24.3 Å². The van der Waals surface area contributed by atoms with Gasteiger partial charge >= 0.3 is 0 Å². The number of nitrogens with one attached hydrogen (secondary N) is 2. The summed E-state index contributed by atoms with van der Waals surface area (Å²) in [7, 11) is 0. The molecular formula is C20H18Br2ClN7O2. The monoisotopic (exact) mass is 581 g/mol. The summed E-state index contributed by atoms with van der Waals surface area (Å²) in [5.74, 6) is 1.16. The molecule has 0 bridgehead atoms. The molecule has 166 valence electrons. The van der Waals surface area contributed by atoms with Crippen molar-refractivity contribution < 1.29 is 9.84 Å². The molecule has 1 fully saturated rings. The standard InChI is InChI=1S/C20H18Br2ClN7O2/c21-13-8-12(17(31)16(22)9-13)11-24-29-19-26-18(25-15-3-1-2-14(23)10-15)27-20(28-19)30-4-6-32-7-5-30/h1-3,8-11,31H,4-7H2,(H2,25,26,27,28,29). The Labute approximate surface area is 206 Å². The normalized spacial score (nSPS) is 14.0. The number of ether oxygens (including phenoxy) is 1. The summed E-state index contributed by atoms with van der Waals surface area (Å²) in [6.07, 6.45) is 1.48.